The van der Waals surface area contributed by atoms with Crippen LogP contribution < -0.4 is 9.62 Å². The van der Waals surface area contributed by atoms with Gasteiger partial charge < -0.3 is 10.2 Å². The van der Waals surface area contributed by atoms with E-state index in [0.29, 0.717) is 38.4 Å². The monoisotopic (exact) mass is 595 g/mol. The number of likely N-dealkylation sites (N-methyl/N-ethyl adjacent to an activating group) is 1. The Bertz CT molecular complexity index is 1420. The largest absolute Gasteiger partial charge is 0.355 e. The van der Waals surface area contributed by atoms with E-state index in [2.05, 4.69) is 5.32 Å². The number of sulfonamides is 1. The first-order valence-corrected chi connectivity index (χ1v) is 14.4. The van der Waals surface area contributed by atoms with E-state index in [1.807, 2.05) is 0 Å². The highest BCUT2D eigenvalue weighted by molar-refractivity contribution is 7.92. The number of hydrogen-bond donors (Lipinski definition) is 1. The van der Waals surface area contributed by atoms with Crippen molar-refractivity contribution in [2.24, 2.45) is 0 Å². The molecule has 0 fully saturated rings. The van der Waals surface area contributed by atoms with Crippen LogP contribution in [0, 0.1) is 6.92 Å². The number of anilines is 1. The first-order valence-electron chi connectivity index (χ1n) is 11.8. The topological polar surface area (TPSA) is 86.8 Å². The summed E-state index contributed by atoms with van der Waals surface area (Å²) in [6.07, 6.45) is 0. The summed E-state index contributed by atoms with van der Waals surface area (Å²) < 4.78 is 28.6. The molecule has 11 heteroatoms. The SMILES string of the molecule is CCNC(=O)C(C)N(Cc1ccc(Cl)cc1Cl)C(=O)CN(c1ccc(Cl)cc1C)S(=O)(=O)c1ccccc1. The molecule has 0 spiro atoms. The molecule has 0 aliphatic rings. The quantitative estimate of drug-likeness (QED) is 0.325. The van der Waals surface area contributed by atoms with Crippen LogP contribution in [0.1, 0.15) is 25.0 Å². The van der Waals surface area contributed by atoms with Gasteiger partial charge in [0.2, 0.25) is 11.8 Å². The number of carbonyl (C=O) groups excluding carboxylic acids is 2. The number of nitrogens with one attached hydrogen (secondary N) is 1. The van der Waals surface area contributed by atoms with Crippen LogP contribution >= 0.6 is 34.8 Å². The first-order chi connectivity index (χ1) is 17.9. The van der Waals surface area contributed by atoms with Crippen molar-refractivity contribution in [2.45, 2.75) is 38.3 Å². The average Bonchev–Trinajstić information content (AvgIpc) is 2.87. The lowest BCUT2D eigenvalue weighted by Crippen LogP contribution is -2.51. The Kier molecular flexibility index (Phi) is 10.1. The molecule has 0 aliphatic heterocycles. The number of nitrogens with zero attached hydrogens (tertiary/aromatic N) is 2. The van der Waals surface area contributed by atoms with Gasteiger partial charge >= 0.3 is 0 Å². The van der Waals surface area contributed by atoms with Crippen LogP contribution in [0.4, 0.5) is 5.69 Å². The van der Waals surface area contributed by atoms with Crippen molar-refractivity contribution in [3.8, 4) is 0 Å². The van der Waals surface area contributed by atoms with Gasteiger partial charge in [-0.05, 0) is 74.4 Å². The van der Waals surface area contributed by atoms with Crippen molar-refractivity contribution in [1.29, 1.82) is 0 Å². The molecule has 3 aromatic carbocycles. The van der Waals surface area contributed by atoms with Crippen LogP contribution in [0.5, 0.6) is 0 Å². The van der Waals surface area contributed by atoms with Crippen molar-refractivity contribution in [3.05, 3.63) is 92.9 Å². The molecule has 0 saturated carbocycles. The smallest absolute Gasteiger partial charge is 0.264 e. The molecule has 3 rings (SSSR count). The van der Waals surface area contributed by atoms with Gasteiger partial charge in [-0.1, -0.05) is 59.1 Å². The number of hydrogen-bond acceptors (Lipinski definition) is 4. The number of aryl methyl sites for hydroxylation is 1. The fraction of sp³-hybridized carbons (Fsp3) is 0.259. The summed E-state index contributed by atoms with van der Waals surface area (Å²) in [5, 5.41) is 3.89. The van der Waals surface area contributed by atoms with Crippen LogP contribution in [-0.2, 0) is 26.2 Å². The van der Waals surface area contributed by atoms with Crippen molar-refractivity contribution in [3.63, 3.8) is 0 Å². The molecule has 0 bridgehead atoms. The van der Waals surface area contributed by atoms with E-state index in [1.165, 1.54) is 17.0 Å². The zero-order valence-corrected chi connectivity index (χ0v) is 24.2. The van der Waals surface area contributed by atoms with E-state index in [0.717, 1.165) is 4.31 Å². The zero-order valence-electron chi connectivity index (χ0n) is 21.1. The lowest BCUT2D eigenvalue weighted by atomic mass is 10.1. The molecule has 1 N–H and O–H groups in total. The van der Waals surface area contributed by atoms with E-state index in [-0.39, 0.29) is 17.3 Å². The normalized spacial score (nSPS) is 12.1. The van der Waals surface area contributed by atoms with Crippen molar-refractivity contribution in [2.75, 3.05) is 17.4 Å². The Morgan fingerprint density at radius 3 is 2.18 bits per heavy atom. The van der Waals surface area contributed by atoms with Crippen molar-refractivity contribution >= 4 is 62.3 Å². The highest BCUT2D eigenvalue weighted by Crippen LogP contribution is 2.30. The van der Waals surface area contributed by atoms with Gasteiger partial charge in [0.05, 0.1) is 10.6 Å². The van der Waals surface area contributed by atoms with Gasteiger partial charge in [-0.25, -0.2) is 8.42 Å². The second-order valence-corrected chi connectivity index (χ2v) is 11.7. The summed E-state index contributed by atoms with van der Waals surface area (Å²) in [6, 6.07) is 16.5. The predicted molar refractivity (Wildman–Crippen MR) is 152 cm³/mol. The number of halogens is 3. The van der Waals surface area contributed by atoms with Gasteiger partial charge in [-0.3, -0.25) is 13.9 Å². The highest BCUT2D eigenvalue weighted by Gasteiger charge is 2.33. The number of benzene rings is 3. The predicted octanol–water partition coefficient (Wildman–Crippen LogP) is 5.70. The molecular formula is C27H28Cl3N3O4S. The van der Waals surface area contributed by atoms with Crippen LogP contribution in [0.2, 0.25) is 15.1 Å². The van der Waals surface area contributed by atoms with Gasteiger partial charge in [-0.15, -0.1) is 0 Å². The standard InChI is InChI=1S/C27H28Cl3N3O4S/c1-4-31-27(35)19(3)32(16-20-10-11-22(29)15-24(20)30)26(34)17-33(25-13-12-21(28)14-18(25)2)38(36,37)23-8-6-5-7-9-23/h5-15,19H,4,16-17H2,1-3H3,(H,31,35). The first kappa shape index (κ1) is 29.8. The van der Waals surface area contributed by atoms with E-state index in [9.17, 15) is 18.0 Å². The zero-order chi connectivity index (χ0) is 28.0. The molecule has 1 unspecified atom stereocenters. The van der Waals surface area contributed by atoms with E-state index in [1.54, 1.807) is 75.4 Å². The van der Waals surface area contributed by atoms with Gasteiger partial charge in [-0.2, -0.15) is 0 Å². The Hall–Kier alpha value is -2.78. The minimum atomic E-state index is -4.16. The van der Waals surface area contributed by atoms with E-state index < -0.39 is 28.5 Å². The summed E-state index contributed by atoms with van der Waals surface area (Å²) in [5.74, 6) is -0.977. The van der Waals surface area contributed by atoms with Gasteiger partial charge in [0.25, 0.3) is 10.0 Å². The van der Waals surface area contributed by atoms with Gasteiger partial charge in [0, 0.05) is 28.2 Å². The third-order valence-corrected chi connectivity index (χ3v) is 8.51. The minimum absolute atomic E-state index is 0.0196. The van der Waals surface area contributed by atoms with E-state index in [4.69, 9.17) is 34.8 Å². The van der Waals surface area contributed by atoms with Crippen molar-refractivity contribution < 1.29 is 18.0 Å². The third-order valence-electron chi connectivity index (χ3n) is 5.91. The molecule has 38 heavy (non-hydrogen) atoms. The summed E-state index contributed by atoms with van der Waals surface area (Å²) in [6.45, 7) is 4.83. The summed E-state index contributed by atoms with van der Waals surface area (Å²) in [4.78, 5) is 28.0. The number of rotatable bonds is 10. The molecule has 1 atom stereocenters. The number of carbonyl (C=O) groups is 2. The van der Waals surface area contributed by atoms with Crippen LogP contribution in [-0.4, -0.2) is 44.3 Å². The highest BCUT2D eigenvalue weighted by atomic mass is 35.5. The van der Waals surface area contributed by atoms with Crippen LogP contribution in [0.3, 0.4) is 0 Å². The van der Waals surface area contributed by atoms with Crippen LogP contribution in [0.25, 0.3) is 0 Å². The molecule has 0 heterocycles. The molecule has 0 radical (unpaired) electrons. The maximum absolute atomic E-state index is 13.9. The molecule has 0 aromatic heterocycles. The molecule has 202 valence electrons. The Morgan fingerprint density at radius 1 is 0.947 bits per heavy atom. The van der Waals surface area contributed by atoms with Crippen LogP contribution in [0.15, 0.2) is 71.6 Å². The Labute approximate surface area is 238 Å². The third kappa shape index (κ3) is 6.99. The fourth-order valence-electron chi connectivity index (χ4n) is 3.87. The number of amides is 2. The lowest BCUT2D eigenvalue weighted by Gasteiger charge is -2.32. The average molecular weight is 597 g/mol. The minimum Gasteiger partial charge on any atom is -0.355 e. The lowest BCUT2D eigenvalue weighted by molar-refractivity contribution is -0.139. The van der Waals surface area contributed by atoms with Gasteiger partial charge in [0.15, 0.2) is 0 Å². The fourth-order valence-corrected chi connectivity index (χ4v) is 6.06. The summed E-state index contributed by atoms with van der Waals surface area (Å²) >= 11 is 18.5. The molecule has 0 aliphatic carbocycles. The molecule has 2 amide bonds. The Balaban J connectivity index is 2.07. The molecule has 0 saturated heterocycles. The second-order valence-electron chi connectivity index (χ2n) is 8.58. The summed E-state index contributed by atoms with van der Waals surface area (Å²) in [5.41, 5.74) is 1.41. The summed E-state index contributed by atoms with van der Waals surface area (Å²) in [7, 11) is -4.16. The Morgan fingerprint density at radius 2 is 1.58 bits per heavy atom. The van der Waals surface area contributed by atoms with Crippen molar-refractivity contribution in [1.82, 2.24) is 10.2 Å². The second kappa shape index (κ2) is 12.8. The van der Waals surface area contributed by atoms with E-state index >= 15 is 0 Å². The molecule has 7 nitrogen and oxygen atoms in total. The molecule has 3 aromatic rings. The van der Waals surface area contributed by atoms with Gasteiger partial charge in [0.1, 0.15) is 12.6 Å². The molecular weight excluding hydrogens is 569 g/mol. The maximum Gasteiger partial charge on any atom is 0.264 e. The maximum atomic E-state index is 13.9.